The monoisotopic (exact) mass is 292 g/mol. The van der Waals surface area contributed by atoms with Gasteiger partial charge in [0.05, 0.1) is 17.1 Å². The average molecular weight is 293 g/mol. The molecule has 2 heterocycles. The molecule has 1 aliphatic rings. The van der Waals surface area contributed by atoms with Crippen molar-refractivity contribution in [3.8, 4) is 11.5 Å². The van der Waals surface area contributed by atoms with Crippen LogP contribution < -0.4 is 5.73 Å². The van der Waals surface area contributed by atoms with Gasteiger partial charge >= 0.3 is 0 Å². The summed E-state index contributed by atoms with van der Waals surface area (Å²) in [4.78, 5) is 6.72. The van der Waals surface area contributed by atoms with E-state index < -0.39 is 0 Å². The van der Waals surface area contributed by atoms with E-state index >= 15 is 0 Å². The maximum absolute atomic E-state index is 6.12. The summed E-state index contributed by atoms with van der Waals surface area (Å²) >= 11 is 6.12. The molecule has 1 saturated heterocycles. The predicted molar refractivity (Wildman–Crippen MR) is 77.2 cm³/mol. The molecule has 2 N–H and O–H groups in total. The highest BCUT2D eigenvalue weighted by molar-refractivity contribution is 6.33. The van der Waals surface area contributed by atoms with Gasteiger partial charge in [-0.1, -0.05) is 28.9 Å². The second kappa shape index (κ2) is 5.91. The molecule has 0 spiro atoms. The lowest BCUT2D eigenvalue weighted by atomic mass is 10.1. The molecule has 106 valence electrons. The number of nitrogens with zero attached hydrogens (tertiary/aromatic N) is 3. The van der Waals surface area contributed by atoms with Crippen LogP contribution in [0.5, 0.6) is 0 Å². The fraction of sp³-hybridized carbons (Fsp3) is 0.429. The van der Waals surface area contributed by atoms with Gasteiger partial charge in [0, 0.05) is 19.1 Å². The lowest BCUT2D eigenvalue weighted by Gasteiger charge is -2.28. The average Bonchev–Trinajstić information content (AvgIpc) is 2.90. The Kier molecular flexibility index (Phi) is 4.00. The normalized spacial score (nSPS) is 17.5. The van der Waals surface area contributed by atoms with Gasteiger partial charge in [0.25, 0.3) is 5.89 Å². The van der Waals surface area contributed by atoms with Gasteiger partial charge in [-0.2, -0.15) is 4.98 Å². The highest BCUT2D eigenvalue weighted by Gasteiger charge is 2.19. The Bertz CT molecular complexity index is 578. The third-order valence-corrected chi connectivity index (χ3v) is 3.90. The van der Waals surface area contributed by atoms with Crippen LogP contribution in [0.15, 0.2) is 28.8 Å². The minimum absolute atomic E-state index is 0.329. The molecule has 0 saturated carbocycles. The predicted octanol–water partition coefficient (Wildman–Crippen LogP) is 2.31. The summed E-state index contributed by atoms with van der Waals surface area (Å²) in [5, 5.41) is 4.65. The fourth-order valence-corrected chi connectivity index (χ4v) is 2.59. The topological polar surface area (TPSA) is 68.2 Å². The zero-order chi connectivity index (χ0) is 13.9. The summed E-state index contributed by atoms with van der Waals surface area (Å²) in [6.45, 7) is 2.66. The van der Waals surface area contributed by atoms with Crippen LogP contribution >= 0.6 is 11.6 Å². The third-order valence-electron chi connectivity index (χ3n) is 3.57. The Balaban J connectivity index is 1.70. The summed E-state index contributed by atoms with van der Waals surface area (Å²) < 4.78 is 5.30. The van der Waals surface area contributed by atoms with E-state index in [4.69, 9.17) is 21.9 Å². The largest absolute Gasteiger partial charge is 0.334 e. The van der Waals surface area contributed by atoms with Gasteiger partial charge in [-0.3, -0.25) is 4.90 Å². The first-order valence-corrected chi connectivity index (χ1v) is 7.15. The first kappa shape index (κ1) is 13.5. The van der Waals surface area contributed by atoms with Crippen molar-refractivity contribution in [3.05, 3.63) is 35.1 Å². The van der Waals surface area contributed by atoms with Crippen molar-refractivity contribution in [2.24, 2.45) is 5.73 Å². The van der Waals surface area contributed by atoms with Gasteiger partial charge in [0.15, 0.2) is 5.82 Å². The summed E-state index contributed by atoms with van der Waals surface area (Å²) in [6.07, 6.45) is 2.05. The summed E-state index contributed by atoms with van der Waals surface area (Å²) in [7, 11) is 0. The zero-order valence-corrected chi connectivity index (χ0v) is 11.9. The van der Waals surface area contributed by atoms with E-state index in [2.05, 4.69) is 15.0 Å². The Hall–Kier alpha value is -1.43. The second-order valence-corrected chi connectivity index (χ2v) is 5.52. The number of likely N-dealkylation sites (tertiary alicyclic amines) is 1. The molecule has 1 aromatic carbocycles. The first-order chi connectivity index (χ1) is 9.72. The van der Waals surface area contributed by atoms with Crippen LogP contribution in [0.3, 0.4) is 0 Å². The molecule has 5 nitrogen and oxygen atoms in total. The molecule has 6 heteroatoms. The highest BCUT2D eigenvalue weighted by Crippen LogP contribution is 2.26. The number of piperidine rings is 1. The van der Waals surface area contributed by atoms with Crippen molar-refractivity contribution >= 4 is 11.6 Å². The fourth-order valence-electron chi connectivity index (χ4n) is 2.37. The molecule has 0 unspecified atom stereocenters. The first-order valence-electron chi connectivity index (χ1n) is 6.78. The van der Waals surface area contributed by atoms with Gasteiger partial charge in [0.1, 0.15) is 0 Å². The molecule has 0 aliphatic carbocycles. The maximum atomic E-state index is 6.12. The number of hydrogen-bond acceptors (Lipinski definition) is 5. The Morgan fingerprint density at radius 3 is 2.80 bits per heavy atom. The van der Waals surface area contributed by atoms with Crippen molar-refractivity contribution in [2.45, 2.75) is 25.4 Å². The quantitative estimate of drug-likeness (QED) is 0.940. The van der Waals surface area contributed by atoms with Crippen LogP contribution in [0, 0.1) is 0 Å². The van der Waals surface area contributed by atoms with Crippen molar-refractivity contribution in [1.29, 1.82) is 0 Å². The van der Waals surface area contributed by atoms with Crippen LogP contribution in [0.4, 0.5) is 0 Å². The molecule has 1 fully saturated rings. The van der Waals surface area contributed by atoms with Gasteiger partial charge in [-0.25, -0.2) is 0 Å². The number of benzene rings is 1. The maximum Gasteiger partial charge on any atom is 0.259 e. The smallest absolute Gasteiger partial charge is 0.259 e. The lowest BCUT2D eigenvalue weighted by Crippen LogP contribution is -2.39. The minimum atomic E-state index is 0.329. The minimum Gasteiger partial charge on any atom is -0.334 e. The van der Waals surface area contributed by atoms with E-state index in [1.54, 1.807) is 0 Å². The van der Waals surface area contributed by atoms with Gasteiger partial charge in [0.2, 0.25) is 0 Å². The van der Waals surface area contributed by atoms with E-state index in [0.29, 0.717) is 29.3 Å². The van der Waals surface area contributed by atoms with E-state index in [-0.39, 0.29) is 0 Å². The van der Waals surface area contributed by atoms with Gasteiger partial charge < -0.3 is 10.3 Å². The molecule has 0 amide bonds. The van der Waals surface area contributed by atoms with Crippen molar-refractivity contribution in [3.63, 3.8) is 0 Å². The lowest BCUT2D eigenvalue weighted by molar-refractivity contribution is 0.199. The standard InChI is InChI=1S/C14H17ClN4O/c15-12-4-2-1-3-11(12)14-17-13(18-20-14)9-19-7-5-10(16)6-8-19/h1-4,10H,5-9,16H2. The van der Waals surface area contributed by atoms with E-state index in [0.717, 1.165) is 31.5 Å². The van der Waals surface area contributed by atoms with Crippen molar-refractivity contribution in [1.82, 2.24) is 15.0 Å². The molecule has 1 aromatic heterocycles. The number of halogens is 1. The number of aromatic nitrogens is 2. The molecular formula is C14H17ClN4O. The van der Waals surface area contributed by atoms with Crippen LogP contribution in [-0.2, 0) is 6.54 Å². The Morgan fingerprint density at radius 2 is 2.05 bits per heavy atom. The van der Waals surface area contributed by atoms with Crippen LogP contribution in [0.2, 0.25) is 5.02 Å². The Morgan fingerprint density at radius 1 is 1.30 bits per heavy atom. The SMILES string of the molecule is NC1CCN(Cc2noc(-c3ccccc3Cl)n2)CC1. The Labute approximate surface area is 122 Å². The molecule has 0 atom stereocenters. The van der Waals surface area contributed by atoms with Crippen LogP contribution in [0.1, 0.15) is 18.7 Å². The third kappa shape index (κ3) is 3.00. The number of rotatable bonds is 3. The molecule has 2 aromatic rings. The summed E-state index contributed by atoms with van der Waals surface area (Å²) in [5.74, 6) is 1.16. The van der Waals surface area contributed by atoms with Crippen molar-refractivity contribution < 1.29 is 4.52 Å². The van der Waals surface area contributed by atoms with Crippen LogP contribution in [0.25, 0.3) is 11.5 Å². The highest BCUT2D eigenvalue weighted by atomic mass is 35.5. The zero-order valence-electron chi connectivity index (χ0n) is 11.1. The molecule has 20 heavy (non-hydrogen) atoms. The van der Waals surface area contributed by atoms with Crippen LogP contribution in [-0.4, -0.2) is 34.2 Å². The summed E-state index contributed by atoms with van der Waals surface area (Å²) in [6, 6.07) is 7.79. The van der Waals surface area contributed by atoms with E-state index in [9.17, 15) is 0 Å². The molecule has 3 rings (SSSR count). The number of hydrogen-bond donors (Lipinski definition) is 1. The van der Waals surface area contributed by atoms with Gasteiger partial charge in [-0.05, 0) is 25.0 Å². The van der Waals surface area contributed by atoms with E-state index in [1.807, 2.05) is 24.3 Å². The van der Waals surface area contributed by atoms with Gasteiger partial charge in [-0.15, -0.1) is 0 Å². The second-order valence-electron chi connectivity index (χ2n) is 5.11. The van der Waals surface area contributed by atoms with E-state index in [1.165, 1.54) is 0 Å². The molecule has 0 bridgehead atoms. The molecular weight excluding hydrogens is 276 g/mol. The van der Waals surface area contributed by atoms with Crippen molar-refractivity contribution in [2.75, 3.05) is 13.1 Å². The number of nitrogens with two attached hydrogens (primary N) is 1. The summed E-state index contributed by atoms with van der Waals surface area (Å²) in [5.41, 5.74) is 6.67. The molecule has 0 radical (unpaired) electrons. The molecule has 1 aliphatic heterocycles.